The van der Waals surface area contributed by atoms with E-state index in [9.17, 15) is 19.5 Å². The Morgan fingerprint density at radius 2 is 1.66 bits per heavy atom. The lowest BCUT2D eigenvalue weighted by molar-refractivity contribution is 0.430. The average molecular weight is 477 g/mol. The molecule has 0 atom stereocenters. The number of benzene rings is 2. The second-order valence-corrected chi connectivity index (χ2v) is 8.28. The number of anilines is 1. The first-order valence-electron chi connectivity index (χ1n) is 11.3. The summed E-state index contributed by atoms with van der Waals surface area (Å²) in [6, 6.07) is 10.7. The maximum atomic E-state index is 12.6. The minimum atomic E-state index is -0.751. The Kier molecular flexibility index (Phi) is 6.21. The Balaban J connectivity index is 1.94. The Morgan fingerprint density at radius 1 is 1.03 bits per heavy atom. The molecule has 0 radical (unpaired) electrons. The zero-order chi connectivity index (χ0) is 25.4. The zero-order valence-corrected chi connectivity index (χ0v) is 20.4. The van der Waals surface area contributed by atoms with Gasteiger partial charge in [-0.15, -0.1) is 0 Å². The van der Waals surface area contributed by atoms with Crippen molar-refractivity contribution < 1.29 is 5.11 Å². The number of nitrogens with zero attached hydrogens (tertiary/aromatic N) is 5. The molecule has 4 rings (SSSR count). The number of rotatable bonds is 6. The van der Waals surface area contributed by atoms with Crippen molar-refractivity contribution in [2.75, 3.05) is 18.0 Å². The number of aromatic nitrogens is 4. The highest BCUT2D eigenvalue weighted by molar-refractivity contribution is 5.91. The van der Waals surface area contributed by atoms with Gasteiger partial charge in [0.2, 0.25) is 5.88 Å². The van der Waals surface area contributed by atoms with E-state index >= 15 is 0 Å². The average Bonchev–Trinajstić information content (AvgIpc) is 3.04. The van der Waals surface area contributed by atoms with Gasteiger partial charge < -0.3 is 10.0 Å². The lowest BCUT2D eigenvalue weighted by Gasteiger charge is -2.23. The Morgan fingerprint density at radius 3 is 2.29 bits per heavy atom. The lowest BCUT2D eigenvalue weighted by atomic mass is 10.2. The molecule has 0 aliphatic heterocycles. The van der Waals surface area contributed by atoms with Crippen LogP contribution in [-0.4, -0.2) is 43.1 Å². The molecule has 2 aromatic carbocycles. The second-order valence-electron chi connectivity index (χ2n) is 8.28. The molecule has 2 aromatic heterocycles. The number of H-pyrrole nitrogens is 1. The van der Waals surface area contributed by atoms with Crippen LogP contribution < -0.4 is 21.8 Å². The van der Waals surface area contributed by atoms with Crippen molar-refractivity contribution in [3.63, 3.8) is 0 Å². The van der Waals surface area contributed by atoms with Crippen LogP contribution in [0.2, 0.25) is 0 Å². The third-order valence-electron chi connectivity index (χ3n) is 6.28. The largest absolute Gasteiger partial charge is 0.493 e. The van der Waals surface area contributed by atoms with E-state index in [4.69, 9.17) is 0 Å². The molecule has 10 heteroatoms. The van der Waals surface area contributed by atoms with Crippen molar-refractivity contribution in [1.29, 1.82) is 0 Å². The van der Waals surface area contributed by atoms with Gasteiger partial charge in [-0.25, -0.2) is 14.2 Å². The molecule has 2 N–H and O–H groups in total. The summed E-state index contributed by atoms with van der Waals surface area (Å²) < 4.78 is 4.15. The summed E-state index contributed by atoms with van der Waals surface area (Å²) in [6.45, 7) is 7.24. The summed E-state index contributed by atoms with van der Waals surface area (Å²) in [6.07, 6.45) is 1.25. The van der Waals surface area contributed by atoms with Crippen molar-refractivity contribution in [3.05, 3.63) is 78.8 Å². The first-order chi connectivity index (χ1) is 16.7. The maximum absolute atomic E-state index is 12.6. The van der Waals surface area contributed by atoms with Crippen LogP contribution in [0.15, 0.2) is 55.8 Å². The molecule has 0 fully saturated rings. The quantitative estimate of drug-likeness (QED) is 0.414. The van der Waals surface area contributed by atoms with Gasteiger partial charge >= 0.3 is 11.4 Å². The standard InChI is InChI=1S/C25H28N6O4/c1-6-30(7-2)19-13-21-20(28(4)25(35)29(21)5)12-17(19)26-14-16-22(32)27-24(34)31(23(16)33)18-11-9-8-10-15(18)3/h8-14,33H,6-7H2,1-5H3,(H,27,32,34). The zero-order valence-electron chi connectivity index (χ0n) is 20.4. The van der Waals surface area contributed by atoms with Gasteiger partial charge in [0.05, 0.1) is 28.1 Å². The molecule has 4 aromatic rings. The van der Waals surface area contributed by atoms with Crippen molar-refractivity contribution in [3.8, 4) is 11.6 Å². The van der Waals surface area contributed by atoms with Crippen LogP contribution in [0.25, 0.3) is 16.7 Å². The van der Waals surface area contributed by atoms with E-state index in [2.05, 4.69) is 14.9 Å². The molecule has 0 saturated heterocycles. The van der Waals surface area contributed by atoms with E-state index in [-0.39, 0.29) is 11.3 Å². The predicted molar refractivity (Wildman–Crippen MR) is 138 cm³/mol. The van der Waals surface area contributed by atoms with Crippen LogP contribution in [0, 0.1) is 6.92 Å². The fourth-order valence-corrected chi connectivity index (χ4v) is 4.27. The fourth-order valence-electron chi connectivity index (χ4n) is 4.27. The smallest absolute Gasteiger partial charge is 0.335 e. The summed E-state index contributed by atoms with van der Waals surface area (Å²) in [5.41, 5.74) is 2.13. The van der Waals surface area contributed by atoms with Crippen LogP contribution in [0.3, 0.4) is 0 Å². The first-order valence-corrected chi connectivity index (χ1v) is 11.3. The van der Waals surface area contributed by atoms with Crippen LogP contribution in [0.1, 0.15) is 25.0 Å². The molecule has 10 nitrogen and oxygen atoms in total. The molecule has 0 amide bonds. The Labute approximate surface area is 201 Å². The van der Waals surface area contributed by atoms with E-state index < -0.39 is 17.1 Å². The number of aromatic hydroxyl groups is 1. The molecular formula is C25H28N6O4. The normalized spacial score (nSPS) is 11.6. The number of fused-ring (bicyclic) bond motifs is 1. The van der Waals surface area contributed by atoms with Gasteiger partial charge in [-0.3, -0.25) is 23.9 Å². The molecule has 35 heavy (non-hydrogen) atoms. The molecule has 2 heterocycles. The Bertz CT molecular complexity index is 1630. The van der Waals surface area contributed by atoms with E-state index in [1.807, 2.05) is 26.0 Å². The highest BCUT2D eigenvalue weighted by atomic mass is 16.3. The lowest BCUT2D eigenvalue weighted by Crippen LogP contribution is -2.31. The van der Waals surface area contributed by atoms with E-state index in [0.717, 1.165) is 21.3 Å². The topological polar surface area (TPSA) is 118 Å². The van der Waals surface area contributed by atoms with Crippen molar-refractivity contribution in [2.45, 2.75) is 20.8 Å². The first kappa shape index (κ1) is 23.8. The summed E-state index contributed by atoms with van der Waals surface area (Å²) in [7, 11) is 3.40. The fraction of sp³-hybridized carbons (Fsp3) is 0.280. The molecule has 0 aliphatic rings. The highest BCUT2D eigenvalue weighted by Gasteiger charge is 2.18. The number of nitrogens with one attached hydrogen (secondary N) is 1. The number of aromatic amines is 1. The number of hydrogen-bond donors (Lipinski definition) is 2. The SMILES string of the molecule is CCN(CC)c1cc2c(cc1N=Cc1c(O)n(-c3ccccc3C)c(=O)[nH]c1=O)n(C)c(=O)n2C. The van der Waals surface area contributed by atoms with Crippen molar-refractivity contribution in [1.82, 2.24) is 18.7 Å². The van der Waals surface area contributed by atoms with Gasteiger partial charge in [-0.2, -0.15) is 0 Å². The monoisotopic (exact) mass is 476 g/mol. The maximum Gasteiger partial charge on any atom is 0.335 e. The van der Waals surface area contributed by atoms with Crippen LogP contribution in [-0.2, 0) is 14.1 Å². The van der Waals surface area contributed by atoms with Gasteiger partial charge in [0.1, 0.15) is 5.56 Å². The van der Waals surface area contributed by atoms with Gasteiger partial charge in [0, 0.05) is 33.4 Å². The second kappa shape index (κ2) is 9.13. The minimum absolute atomic E-state index is 0.152. The van der Waals surface area contributed by atoms with E-state index in [0.29, 0.717) is 30.0 Å². The number of hydrogen-bond acceptors (Lipinski definition) is 6. The van der Waals surface area contributed by atoms with Crippen LogP contribution in [0.5, 0.6) is 5.88 Å². The summed E-state index contributed by atoms with van der Waals surface area (Å²) in [5, 5.41) is 10.9. The number of aliphatic imine (C=N–C) groups is 1. The molecule has 0 unspecified atom stereocenters. The highest BCUT2D eigenvalue weighted by Crippen LogP contribution is 2.33. The van der Waals surface area contributed by atoms with Crippen molar-refractivity contribution >= 4 is 28.6 Å². The van der Waals surface area contributed by atoms with Gasteiger partial charge in [0.15, 0.2) is 0 Å². The number of imidazole rings is 1. The van der Waals surface area contributed by atoms with E-state index in [1.54, 1.807) is 49.9 Å². The molecule has 0 saturated carbocycles. The third kappa shape index (κ3) is 3.96. The predicted octanol–water partition coefficient (Wildman–Crippen LogP) is 2.33. The summed E-state index contributed by atoms with van der Waals surface area (Å²) >= 11 is 0. The van der Waals surface area contributed by atoms with Crippen LogP contribution >= 0.6 is 0 Å². The van der Waals surface area contributed by atoms with Crippen LogP contribution in [0.4, 0.5) is 11.4 Å². The molecule has 0 spiro atoms. The number of para-hydroxylation sites is 1. The third-order valence-corrected chi connectivity index (χ3v) is 6.28. The number of aryl methyl sites for hydroxylation is 3. The van der Waals surface area contributed by atoms with E-state index in [1.165, 1.54) is 10.8 Å². The molecule has 0 bridgehead atoms. The molecular weight excluding hydrogens is 448 g/mol. The summed E-state index contributed by atoms with van der Waals surface area (Å²) in [5.74, 6) is -0.505. The van der Waals surface area contributed by atoms with Gasteiger partial charge in [-0.05, 0) is 44.5 Å². The van der Waals surface area contributed by atoms with Gasteiger partial charge in [0.25, 0.3) is 5.56 Å². The molecule has 182 valence electrons. The molecule has 0 aliphatic carbocycles. The summed E-state index contributed by atoms with van der Waals surface area (Å²) in [4.78, 5) is 46.5. The van der Waals surface area contributed by atoms with Gasteiger partial charge in [-0.1, -0.05) is 18.2 Å². The van der Waals surface area contributed by atoms with Crippen molar-refractivity contribution in [2.24, 2.45) is 19.1 Å². The Hall–Kier alpha value is -4.34. The minimum Gasteiger partial charge on any atom is -0.493 e.